The van der Waals surface area contributed by atoms with Gasteiger partial charge in [0.15, 0.2) is 0 Å². The minimum Gasteiger partial charge on any atom is -0.496 e. The minimum atomic E-state index is -3.58. The van der Waals surface area contributed by atoms with E-state index in [0.717, 1.165) is 30.6 Å². The van der Waals surface area contributed by atoms with Crippen LogP contribution in [0.5, 0.6) is 11.5 Å². The van der Waals surface area contributed by atoms with E-state index in [1.54, 1.807) is 18.2 Å². The summed E-state index contributed by atoms with van der Waals surface area (Å²) in [5.41, 5.74) is 1.43. The summed E-state index contributed by atoms with van der Waals surface area (Å²) in [6.45, 7) is 3.65. The maximum Gasteiger partial charge on any atom is 0.246 e. The van der Waals surface area contributed by atoms with Crippen LogP contribution in [0, 0.1) is 0 Å². The molecule has 10 nitrogen and oxygen atoms in total. The van der Waals surface area contributed by atoms with E-state index in [-0.39, 0.29) is 29.7 Å². The first-order valence-electron chi connectivity index (χ1n) is 12.4. The molecule has 11 heteroatoms. The maximum absolute atomic E-state index is 13.1. The molecular formula is C26H32N4O6S. The summed E-state index contributed by atoms with van der Waals surface area (Å²) in [6, 6.07) is 12.2. The van der Waals surface area contributed by atoms with Gasteiger partial charge < -0.3 is 19.3 Å². The molecule has 1 fully saturated rings. The van der Waals surface area contributed by atoms with Gasteiger partial charge in [-0.15, -0.1) is 0 Å². The van der Waals surface area contributed by atoms with Gasteiger partial charge in [-0.3, -0.25) is 4.79 Å². The van der Waals surface area contributed by atoms with Crippen molar-refractivity contribution >= 4 is 15.9 Å². The van der Waals surface area contributed by atoms with Crippen molar-refractivity contribution in [2.45, 2.75) is 50.5 Å². The van der Waals surface area contributed by atoms with Crippen molar-refractivity contribution in [2.24, 2.45) is 0 Å². The average molecular weight is 529 g/mol. The number of piperidine rings is 1. The van der Waals surface area contributed by atoms with E-state index in [4.69, 9.17) is 14.0 Å². The van der Waals surface area contributed by atoms with Crippen molar-refractivity contribution in [1.29, 1.82) is 0 Å². The van der Waals surface area contributed by atoms with Crippen LogP contribution in [0.25, 0.3) is 11.4 Å². The molecule has 4 rings (SSSR count). The van der Waals surface area contributed by atoms with E-state index in [1.807, 2.05) is 31.2 Å². The Bertz CT molecular complexity index is 1300. The number of aryl methyl sites for hydroxylation is 1. The summed E-state index contributed by atoms with van der Waals surface area (Å²) in [6.07, 6.45) is 3.23. The summed E-state index contributed by atoms with van der Waals surface area (Å²) >= 11 is 0. The van der Waals surface area contributed by atoms with Crippen LogP contribution < -0.4 is 14.8 Å². The lowest BCUT2D eigenvalue weighted by atomic mass is 10.1. The summed E-state index contributed by atoms with van der Waals surface area (Å²) < 4.78 is 43.8. The van der Waals surface area contributed by atoms with Crippen LogP contribution in [-0.4, -0.2) is 55.6 Å². The molecule has 0 atom stereocenters. The molecule has 198 valence electrons. The van der Waals surface area contributed by atoms with Crippen molar-refractivity contribution in [1.82, 2.24) is 19.8 Å². The fraction of sp³-hybridized carbons (Fsp3) is 0.423. The van der Waals surface area contributed by atoms with Gasteiger partial charge >= 0.3 is 0 Å². The first kappa shape index (κ1) is 26.6. The van der Waals surface area contributed by atoms with Gasteiger partial charge in [0.05, 0.1) is 25.2 Å². The smallest absolute Gasteiger partial charge is 0.246 e. The highest BCUT2D eigenvalue weighted by atomic mass is 32.2. The molecule has 1 amide bonds. The Morgan fingerprint density at radius 2 is 1.86 bits per heavy atom. The van der Waals surface area contributed by atoms with Crippen molar-refractivity contribution in [2.75, 3.05) is 26.8 Å². The van der Waals surface area contributed by atoms with Crippen molar-refractivity contribution in [3.8, 4) is 22.9 Å². The Hall–Kier alpha value is -3.44. The maximum atomic E-state index is 13.1. The Morgan fingerprint density at radius 1 is 1.11 bits per heavy atom. The lowest BCUT2D eigenvalue weighted by Crippen LogP contribution is -2.35. The molecule has 0 aliphatic carbocycles. The lowest BCUT2D eigenvalue weighted by Gasteiger charge is -2.26. The van der Waals surface area contributed by atoms with E-state index in [0.29, 0.717) is 43.3 Å². The zero-order chi connectivity index (χ0) is 26.3. The average Bonchev–Trinajstić information content (AvgIpc) is 3.41. The topological polar surface area (TPSA) is 124 Å². The Morgan fingerprint density at radius 3 is 2.57 bits per heavy atom. The highest BCUT2D eigenvalue weighted by Gasteiger charge is 2.26. The molecule has 1 aliphatic rings. The summed E-state index contributed by atoms with van der Waals surface area (Å²) in [5.74, 6) is 1.77. The molecule has 0 saturated carbocycles. The molecule has 1 aromatic heterocycles. The fourth-order valence-corrected chi connectivity index (χ4v) is 5.75. The number of aromatic nitrogens is 2. The van der Waals surface area contributed by atoms with Crippen LogP contribution in [0.15, 0.2) is 51.9 Å². The number of benzene rings is 2. The third kappa shape index (κ3) is 6.66. The van der Waals surface area contributed by atoms with Crippen LogP contribution >= 0.6 is 0 Å². The predicted octanol–water partition coefficient (Wildman–Crippen LogP) is 3.57. The zero-order valence-corrected chi connectivity index (χ0v) is 21.9. The van der Waals surface area contributed by atoms with E-state index >= 15 is 0 Å². The van der Waals surface area contributed by atoms with E-state index in [2.05, 4.69) is 15.5 Å². The first-order valence-corrected chi connectivity index (χ1v) is 13.8. The monoisotopic (exact) mass is 528 g/mol. The van der Waals surface area contributed by atoms with Crippen molar-refractivity contribution in [3.05, 3.63) is 53.9 Å². The van der Waals surface area contributed by atoms with Crippen LogP contribution in [0.2, 0.25) is 0 Å². The molecule has 2 heterocycles. The van der Waals surface area contributed by atoms with Gasteiger partial charge in [0.2, 0.25) is 27.6 Å². The standard InChI is InChI=1S/C26H32N4O6S/c1-3-35-21-10-7-19(8-11-21)26-28-25(36-29-26)18-27-24(31)14-9-20-17-22(12-13-23(20)34-2)37(32,33)30-15-5-4-6-16-30/h7-8,10-13,17H,3-6,9,14-16,18H2,1-2H3,(H,27,31). The van der Waals surface area contributed by atoms with E-state index < -0.39 is 10.0 Å². The Labute approximate surface area is 217 Å². The van der Waals surface area contributed by atoms with Gasteiger partial charge in [-0.05, 0) is 74.2 Å². The number of carbonyl (C=O) groups excluding carboxylic acids is 1. The number of amides is 1. The summed E-state index contributed by atoms with van der Waals surface area (Å²) in [4.78, 5) is 17.1. The lowest BCUT2D eigenvalue weighted by molar-refractivity contribution is -0.121. The number of ether oxygens (including phenoxy) is 2. The molecule has 0 radical (unpaired) electrons. The third-order valence-corrected chi connectivity index (χ3v) is 8.05. The third-order valence-electron chi connectivity index (χ3n) is 6.15. The van der Waals surface area contributed by atoms with Crippen LogP contribution in [0.1, 0.15) is 44.1 Å². The number of carbonyl (C=O) groups is 1. The van der Waals surface area contributed by atoms with Gasteiger partial charge in [0, 0.05) is 25.1 Å². The number of nitrogens with one attached hydrogen (secondary N) is 1. The molecule has 0 spiro atoms. The second-order valence-electron chi connectivity index (χ2n) is 8.68. The van der Waals surface area contributed by atoms with Gasteiger partial charge in [-0.2, -0.15) is 9.29 Å². The number of hydrogen-bond acceptors (Lipinski definition) is 8. The largest absolute Gasteiger partial charge is 0.496 e. The number of hydrogen-bond donors (Lipinski definition) is 1. The SMILES string of the molecule is CCOc1ccc(-c2noc(CNC(=O)CCc3cc(S(=O)(=O)N4CCCCC4)ccc3OC)n2)cc1. The van der Waals surface area contributed by atoms with E-state index in [1.165, 1.54) is 11.4 Å². The minimum absolute atomic E-state index is 0.0867. The highest BCUT2D eigenvalue weighted by molar-refractivity contribution is 7.89. The molecule has 1 N–H and O–H groups in total. The molecule has 0 unspecified atom stereocenters. The first-order chi connectivity index (χ1) is 17.9. The molecule has 2 aromatic carbocycles. The van der Waals surface area contributed by atoms with Crippen molar-refractivity contribution in [3.63, 3.8) is 0 Å². The second kappa shape index (κ2) is 12.2. The number of rotatable bonds is 11. The quantitative estimate of drug-likeness (QED) is 0.401. The Kier molecular flexibility index (Phi) is 8.78. The number of sulfonamides is 1. The number of nitrogens with zero attached hydrogens (tertiary/aromatic N) is 3. The van der Waals surface area contributed by atoms with Gasteiger partial charge in [0.25, 0.3) is 0 Å². The fourth-order valence-electron chi connectivity index (χ4n) is 4.19. The number of methoxy groups -OCH3 is 1. The molecule has 37 heavy (non-hydrogen) atoms. The van der Waals surface area contributed by atoms with Crippen LogP contribution in [0.3, 0.4) is 0 Å². The molecular weight excluding hydrogens is 496 g/mol. The van der Waals surface area contributed by atoms with E-state index in [9.17, 15) is 13.2 Å². The van der Waals surface area contributed by atoms with Gasteiger partial charge in [0.1, 0.15) is 11.5 Å². The summed E-state index contributed by atoms with van der Waals surface area (Å²) in [5, 5.41) is 6.74. The van der Waals surface area contributed by atoms with Crippen LogP contribution in [0.4, 0.5) is 0 Å². The molecule has 3 aromatic rings. The normalized spacial score (nSPS) is 14.3. The highest BCUT2D eigenvalue weighted by Crippen LogP contribution is 2.27. The Balaban J connectivity index is 1.34. The molecule has 0 bridgehead atoms. The summed E-state index contributed by atoms with van der Waals surface area (Å²) in [7, 11) is -2.05. The molecule has 1 aliphatic heterocycles. The van der Waals surface area contributed by atoms with Crippen LogP contribution in [-0.2, 0) is 27.8 Å². The van der Waals surface area contributed by atoms with Crippen molar-refractivity contribution < 1.29 is 27.2 Å². The zero-order valence-electron chi connectivity index (χ0n) is 21.1. The van der Waals surface area contributed by atoms with Gasteiger partial charge in [-0.25, -0.2) is 8.42 Å². The molecule has 1 saturated heterocycles. The van der Waals surface area contributed by atoms with Gasteiger partial charge in [-0.1, -0.05) is 11.6 Å². The second-order valence-corrected chi connectivity index (χ2v) is 10.6. The predicted molar refractivity (Wildman–Crippen MR) is 137 cm³/mol.